The second kappa shape index (κ2) is 14.5. The molecule has 0 radical (unpaired) electrons. The minimum Gasteiger partial charge on any atom is -0.351 e. The molecule has 18 heteroatoms. The van der Waals surface area contributed by atoms with Crippen LogP contribution in [0.5, 0.6) is 0 Å². The van der Waals surface area contributed by atoms with Crippen molar-refractivity contribution in [3.8, 4) is 0 Å². The van der Waals surface area contributed by atoms with Gasteiger partial charge < -0.3 is 21.7 Å². The van der Waals surface area contributed by atoms with Crippen molar-refractivity contribution >= 4 is 71.8 Å². The van der Waals surface area contributed by atoms with Gasteiger partial charge in [-0.1, -0.05) is 29.8 Å². The van der Waals surface area contributed by atoms with Crippen LogP contribution in [0.15, 0.2) is 54.9 Å². The Morgan fingerprint density at radius 1 is 0.950 bits per heavy atom. The zero-order valence-corrected chi connectivity index (χ0v) is 23.5. The molecule has 2 aromatic carbocycles. The molecule has 0 bridgehead atoms. The fraction of sp³-hybridized carbons (Fsp3) is 0.182. The van der Waals surface area contributed by atoms with Gasteiger partial charge in [0.2, 0.25) is 5.91 Å². The minimum atomic E-state index is -3.67. The van der Waals surface area contributed by atoms with Gasteiger partial charge in [-0.15, -0.1) is 0 Å². The van der Waals surface area contributed by atoms with E-state index in [1.54, 1.807) is 6.07 Å². The molecule has 216 valence electrons. The Hall–Kier alpha value is -3.87. The summed E-state index contributed by atoms with van der Waals surface area (Å²) in [6.45, 7) is 0.392. The number of rotatable bonds is 7. The zero-order valence-electron chi connectivity index (χ0n) is 21.2. The van der Waals surface area contributed by atoms with Gasteiger partial charge in [0.05, 0.1) is 19.1 Å². The molecule has 0 unspecified atom stereocenters. The number of carbonyl (C=O) groups is 1. The monoisotopic (exact) mass is 614 g/mol. The zero-order chi connectivity index (χ0) is 29.9. The number of nitrogens with zero attached hydrogens (tertiary/aromatic N) is 3. The van der Waals surface area contributed by atoms with Crippen molar-refractivity contribution in [2.45, 2.75) is 6.54 Å². The van der Waals surface area contributed by atoms with Gasteiger partial charge in [0.1, 0.15) is 17.5 Å². The number of hydrogen-bond donors (Lipinski definition) is 7. The van der Waals surface area contributed by atoms with E-state index in [1.807, 2.05) is 42.5 Å². The molecule has 4 rings (SSSR count). The molecule has 0 aliphatic heterocycles. The van der Waals surface area contributed by atoms with Crippen LogP contribution in [0.25, 0.3) is 11.0 Å². The van der Waals surface area contributed by atoms with Crippen LogP contribution in [-0.4, -0.2) is 71.1 Å². The number of nitrogens with two attached hydrogens (primary N) is 1. The van der Waals surface area contributed by atoms with Crippen LogP contribution in [0.1, 0.15) is 5.56 Å². The van der Waals surface area contributed by atoms with E-state index in [1.165, 1.54) is 6.33 Å². The van der Waals surface area contributed by atoms with E-state index < -0.39 is 20.2 Å². The second-order valence-corrected chi connectivity index (χ2v) is 11.3. The van der Waals surface area contributed by atoms with Gasteiger partial charge in [-0.3, -0.25) is 19.0 Å². The number of benzene rings is 2. The lowest BCUT2D eigenvalue weighted by atomic mass is 10.2. The molecule has 0 fully saturated rings. The topological polar surface area (TPSA) is 242 Å². The Kier molecular flexibility index (Phi) is 11.7. The lowest BCUT2D eigenvalue weighted by Gasteiger charge is -2.09. The summed E-state index contributed by atoms with van der Waals surface area (Å²) in [5.74, 6) is 0.985. The minimum absolute atomic E-state index is 0.0283. The highest BCUT2D eigenvalue weighted by Crippen LogP contribution is 2.30. The average molecular weight is 615 g/mol. The Morgan fingerprint density at radius 2 is 1.55 bits per heavy atom. The first kappa shape index (κ1) is 32.3. The number of carbonyl (C=O) groups excluding carboxylic acids is 1. The molecule has 2 aromatic heterocycles. The van der Waals surface area contributed by atoms with E-state index in [0.29, 0.717) is 41.4 Å². The van der Waals surface area contributed by atoms with E-state index >= 15 is 0 Å². The van der Waals surface area contributed by atoms with Crippen LogP contribution in [0.2, 0.25) is 5.02 Å². The lowest BCUT2D eigenvalue weighted by Crippen LogP contribution is -2.29. The number of anilines is 4. The molecule has 0 aliphatic carbocycles. The predicted octanol–water partition coefficient (Wildman–Crippen LogP) is 2.08. The molecule has 0 spiro atoms. The van der Waals surface area contributed by atoms with E-state index in [-0.39, 0.29) is 12.5 Å². The molecule has 4 aromatic rings. The maximum atomic E-state index is 11.3. The normalized spacial score (nSPS) is 10.9. The van der Waals surface area contributed by atoms with E-state index in [9.17, 15) is 21.6 Å². The number of halogens is 1. The Balaban J connectivity index is 0.000000482. The second-order valence-electron chi connectivity index (χ2n) is 7.92. The molecular weight excluding hydrogens is 588 g/mol. The number of amides is 1. The van der Waals surface area contributed by atoms with Gasteiger partial charge in [0, 0.05) is 22.9 Å². The standard InChI is InChI=1S/C20H19ClN8O.2CH4O3S/c21-13-2-1-3-15(8-13)27-18-17-19(25-11-24-18)28-29-20(17)26-14-6-4-12(5-7-14)10-23-16(30)9-22;2*1-5(2,3)4/h1-8,11H,9-10,22H2,(H,23,30)(H3,24,25,26,27,28,29);2*1H3,(H,2,3,4). The maximum Gasteiger partial charge on any atom is 0.261 e. The summed E-state index contributed by atoms with van der Waals surface area (Å²) >= 11 is 6.07. The molecular formula is C22H27ClN8O7S2. The fourth-order valence-electron chi connectivity index (χ4n) is 2.86. The summed E-state index contributed by atoms with van der Waals surface area (Å²) < 4.78 is 51.7. The summed E-state index contributed by atoms with van der Waals surface area (Å²) in [5, 5.41) is 17.8. The van der Waals surface area contributed by atoms with Crippen molar-refractivity contribution in [2.75, 3.05) is 29.7 Å². The number of nitrogens with one attached hydrogen (secondary N) is 4. The summed E-state index contributed by atoms with van der Waals surface area (Å²) in [6, 6.07) is 15.0. The Morgan fingerprint density at radius 3 is 2.12 bits per heavy atom. The number of aromatic amines is 1. The molecule has 15 nitrogen and oxygen atoms in total. The first-order chi connectivity index (χ1) is 18.6. The van der Waals surface area contributed by atoms with Crippen molar-refractivity contribution in [2.24, 2.45) is 5.73 Å². The SMILES string of the molecule is CS(=O)(=O)O.CS(=O)(=O)O.NCC(=O)NCc1ccc(Nc2n[nH]c3ncnc(Nc4cccc(Cl)c4)c23)cc1. The Labute approximate surface area is 235 Å². The van der Waals surface area contributed by atoms with Crippen LogP contribution in [0.4, 0.5) is 23.0 Å². The highest BCUT2D eigenvalue weighted by Gasteiger charge is 2.13. The smallest absolute Gasteiger partial charge is 0.261 e. The molecule has 40 heavy (non-hydrogen) atoms. The highest BCUT2D eigenvalue weighted by molar-refractivity contribution is 7.85. The van der Waals surface area contributed by atoms with Crippen LogP contribution in [-0.2, 0) is 31.6 Å². The Bertz CT molecular complexity index is 1600. The van der Waals surface area contributed by atoms with Gasteiger partial charge in [-0.05, 0) is 35.9 Å². The first-order valence-corrected chi connectivity index (χ1v) is 15.1. The van der Waals surface area contributed by atoms with Crippen LogP contribution < -0.4 is 21.7 Å². The highest BCUT2D eigenvalue weighted by atomic mass is 35.5. The third-order valence-electron chi connectivity index (χ3n) is 4.34. The van der Waals surface area contributed by atoms with Crippen molar-refractivity contribution in [3.05, 3.63) is 65.4 Å². The third-order valence-corrected chi connectivity index (χ3v) is 4.57. The number of fused-ring (bicyclic) bond motifs is 1. The summed E-state index contributed by atoms with van der Waals surface area (Å²) in [6.07, 6.45) is 2.89. The van der Waals surface area contributed by atoms with Crippen molar-refractivity contribution in [1.82, 2.24) is 25.5 Å². The molecule has 0 atom stereocenters. The van der Waals surface area contributed by atoms with Crippen LogP contribution >= 0.6 is 11.6 Å². The van der Waals surface area contributed by atoms with E-state index in [2.05, 4.69) is 36.1 Å². The number of H-pyrrole nitrogens is 1. The number of hydrogen-bond acceptors (Lipinski definition) is 11. The summed E-state index contributed by atoms with van der Waals surface area (Å²) in [5.41, 5.74) is 8.48. The molecule has 0 aliphatic rings. The van der Waals surface area contributed by atoms with Gasteiger partial charge in [-0.25, -0.2) is 9.97 Å². The average Bonchev–Trinajstić information content (AvgIpc) is 3.25. The lowest BCUT2D eigenvalue weighted by molar-refractivity contribution is -0.119. The molecule has 2 heterocycles. The summed E-state index contributed by atoms with van der Waals surface area (Å²) in [4.78, 5) is 19.9. The third kappa shape index (κ3) is 12.8. The number of aromatic nitrogens is 4. The van der Waals surface area contributed by atoms with E-state index in [4.69, 9.17) is 26.4 Å². The first-order valence-electron chi connectivity index (χ1n) is 11.0. The molecule has 8 N–H and O–H groups in total. The molecule has 1 amide bonds. The van der Waals surface area contributed by atoms with Crippen molar-refractivity contribution in [3.63, 3.8) is 0 Å². The quantitative estimate of drug-likeness (QED) is 0.148. The largest absolute Gasteiger partial charge is 0.351 e. The summed E-state index contributed by atoms with van der Waals surface area (Å²) in [7, 11) is -7.33. The van der Waals surface area contributed by atoms with Crippen molar-refractivity contribution < 1.29 is 30.7 Å². The van der Waals surface area contributed by atoms with Gasteiger partial charge in [0.25, 0.3) is 20.2 Å². The maximum absolute atomic E-state index is 11.3. The fourth-order valence-corrected chi connectivity index (χ4v) is 3.05. The van der Waals surface area contributed by atoms with Gasteiger partial charge >= 0.3 is 0 Å². The van der Waals surface area contributed by atoms with Gasteiger partial charge in [0.15, 0.2) is 11.5 Å². The van der Waals surface area contributed by atoms with Gasteiger partial charge in [-0.2, -0.15) is 21.9 Å². The van der Waals surface area contributed by atoms with E-state index in [0.717, 1.165) is 22.3 Å². The predicted molar refractivity (Wildman–Crippen MR) is 152 cm³/mol. The molecule has 0 saturated heterocycles. The van der Waals surface area contributed by atoms with Crippen LogP contribution in [0.3, 0.4) is 0 Å². The van der Waals surface area contributed by atoms with Crippen molar-refractivity contribution in [1.29, 1.82) is 0 Å². The van der Waals surface area contributed by atoms with Crippen LogP contribution in [0, 0.1) is 0 Å². The molecule has 0 saturated carbocycles.